The summed E-state index contributed by atoms with van der Waals surface area (Å²) in [6, 6.07) is 13.7. The van der Waals surface area contributed by atoms with Crippen LogP contribution in [0.25, 0.3) is 11.3 Å². The highest BCUT2D eigenvalue weighted by molar-refractivity contribution is 6.30. The van der Waals surface area contributed by atoms with Crippen molar-refractivity contribution in [3.8, 4) is 23.0 Å². The van der Waals surface area contributed by atoms with Crippen molar-refractivity contribution in [1.29, 1.82) is 0 Å². The van der Waals surface area contributed by atoms with E-state index in [1.807, 2.05) is 6.92 Å². The molecule has 0 aliphatic carbocycles. The SMILES string of the molecule is Cc1ccc(Oc2nc(-c3ccc(Cl)cc3)cc(C(F)(F)F)n2)cc1. The van der Waals surface area contributed by atoms with E-state index in [1.54, 1.807) is 48.5 Å². The number of aryl methyl sites for hydroxylation is 1. The summed E-state index contributed by atoms with van der Waals surface area (Å²) in [5.41, 5.74) is 0.501. The van der Waals surface area contributed by atoms with E-state index in [0.717, 1.165) is 11.6 Å². The van der Waals surface area contributed by atoms with Crippen LogP contribution in [-0.4, -0.2) is 9.97 Å². The van der Waals surface area contributed by atoms with Crippen LogP contribution < -0.4 is 4.74 Å². The monoisotopic (exact) mass is 364 g/mol. The van der Waals surface area contributed by atoms with Crippen molar-refractivity contribution in [1.82, 2.24) is 9.97 Å². The number of halogens is 4. The fourth-order valence-electron chi connectivity index (χ4n) is 2.10. The molecular weight excluding hydrogens is 353 g/mol. The lowest BCUT2D eigenvalue weighted by Crippen LogP contribution is -2.10. The Hall–Kier alpha value is -2.60. The van der Waals surface area contributed by atoms with E-state index < -0.39 is 11.9 Å². The van der Waals surface area contributed by atoms with Gasteiger partial charge in [0.2, 0.25) is 0 Å². The number of hydrogen-bond acceptors (Lipinski definition) is 3. The van der Waals surface area contributed by atoms with Crippen LogP contribution in [-0.2, 0) is 6.18 Å². The summed E-state index contributed by atoms with van der Waals surface area (Å²) >= 11 is 5.82. The molecular formula is C18H12ClF3N2O. The number of rotatable bonds is 3. The van der Waals surface area contributed by atoms with Gasteiger partial charge in [-0.1, -0.05) is 41.4 Å². The summed E-state index contributed by atoms with van der Waals surface area (Å²) in [6.45, 7) is 1.89. The molecule has 0 fully saturated rings. The average Bonchev–Trinajstić information content (AvgIpc) is 2.56. The van der Waals surface area contributed by atoms with Gasteiger partial charge in [0.25, 0.3) is 0 Å². The molecule has 25 heavy (non-hydrogen) atoms. The minimum atomic E-state index is -4.62. The Balaban J connectivity index is 2.03. The standard InChI is InChI=1S/C18H12ClF3N2O/c1-11-2-8-14(9-3-11)25-17-23-15(10-16(24-17)18(20,21)22)12-4-6-13(19)7-5-12/h2-10H,1H3. The first-order chi connectivity index (χ1) is 11.8. The van der Waals surface area contributed by atoms with Crippen LogP contribution >= 0.6 is 11.6 Å². The van der Waals surface area contributed by atoms with Gasteiger partial charge in [-0.15, -0.1) is 0 Å². The lowest BCUT2D eigenvalue weighted by atomic mass is 10.1. The Labute approximate surface area is 147 Å². The van der Waals surface area contributed by atoms with E-state index in [2.05, 4.69) is 9.97 Å². The Morgan fingerprint density at radius 3 is 2.16 bits per heavy atom. The van der Waals surface area contributed by atoms with Crippen LogP contribution in [0.2, 0.25) is 5.02 Å². The van der Waals surface area contributed by atoms with Crippen LogP contribution in [0.1, 0.15) is 11.3 Å². The van der Waals surface area contributed by atoms with E-state index in [-0.39, 0.29) is 11.7 Å². The molecule has 0 amide bonds. The predicted octanol–water partition coefficient (Wildman–Crippen LogP) is 5.92. The normalized spacial score (nSPS) is 11.4. The second kappa shape index (κ2) is 6.72. The lowest BCUT2D eigenvalue weighted by molar-refractivity contribution is -0.141. The van der Waals surface area contributed by atoms with Crippen molar-refractivity contribution in [2.24, 2.45) is 0 Å². The van der Waals surface area contributed by atoms with Crippen molar-refractivity contribution >= 4 is 11.6 Å². The summed E-state index contributed by atoms with van der Waals surface area (Å²) in [7, 11) is 0. The summed E-state index contributed by atoms with van der Waals surface area (Å²) in [5, 5.41) is 0.477. The number of aromatic nitrogens is 2. The third-order valence-corrected chi connectivity index (χ3v) is 3.62. The molecule has 128 valence electrons. The van der Waals surface area contributed by atoms with Crippen molar-refractivity contribution in [3.05, 3.63) is 70.9 Å². The first kappa shape index (κ1) is 17.2. The van der Waals surface area contributed by atoms with Gasteiger partial charge in [-0.2, -0.15) is 23.1 Å². The van der Waals surface area contributed by atoms with Crippen molar-refractivity contribution in [2.75, 3.05) is 0 Å². The third-order valence-electron chi connectivity index (χ3n) is 3.37. The molecule has 1 aromatic heterocycles. The average molecular weight is 365 g/mol. The maximum atomic E-state index is 13.2. The molecule has 0 aliphatic rings. The molecule has 0 saturated carbocycles. The molecule has 0 N–H and O–H groups in total. The Morgan fingerprint density at radius 2 is 1.56 bits per heavy atom. The summed E-state index contributed by atoms with van der Waals surface area (Å²) in [4.78, 5) is 7.57. The Bertz CT molecular complexity index is 878. The van der Waals surface area contributed by atoms with E-state index in [1.165, 1.54) is 0 Å². The van der Waals surface area contributed by atoms with Crippen LogP contribution in [0.3, 0.4) is 0 Å². The number of hydrogen-bond donors (Lipinski definition) is 0. The Kier molecular flexibility index (Phi) is 4.63. The first-order valence-corrected chi connectivity index (χ1v) is 7.66. The summed E-state index contributed by atoms with van der Waals surface area (Å²) in [6.07, 6.45) is -4.62. The van der Waals surface area contributed by atoms with Gasteiger partial charge >= 0.3 is 12.2 Å². The highest BCUT2D eigenvalue weighted by Crippen LogP contribution is 2.32. The fraction of sp³-hybridized carbons (Fsp3) is 0.111. The molecule has 0 radical (unpaired) electrons. The minimum Gasteiger partial charge on any atom is -0.424 e. The van der Waals surface area contributed by atoms with Crippen LogP contribution in [0.4, 0.5) is 13.2 Å². The number of benzene rings is 2. The Morgan fingerprint density at radius 1 is 0.920 bits per heavy atom. The van der Waals surface area contributed by atoms with Gasteiger partial charge in [0.15, 0.2) is 5.69 Å². The molecule has 3 nitrogen and oxygen atoms in total. The number of ether oxygens (including phenoxy) is 1. The molecule has 2 aromatic carbocycles. The van der Waals surface area contributed by atoms with Crippen molar-refractivity contribution < 1.29 is 17.9 Å². The van der Waals surface area contributed by atoms with Gasteiger partial charge in [-0.05, 0) is 37.3 Å². The summed E-state index contributed by atoms with van der Waals surface area (Å²) in [5.74, 6) is 0.354. The van der Waals surface area contributed by atoms with E-state index in [4.69, 9.17) is 16.3 Å². The molecule has 7 heteroatoms. The van der Waals surface area contributed by atoms with Gasteiger partial charge in [-0.3, -0.25) is 0 Å². The van der Waals surface area contributed by atoms with Gasteiger partial charge in [0.1, 0.15) is 5.75 Å². The fourth-order valence-corrected chi connectivity index (χ4v) is 2.22. The van der Waals surface area contributed by atoms with Crippen LogP contribution in [0.5, 0.6) is 11.8 Å². The largest absolute Gasteiger partial charge is 0.433 e. The van der Waals surface area contributed by atoms with E-state index in [0.29, 0.717) is 16.3 Å². The van der Waals surface area contributed by atoms with Crippen molar-refractivity contribution in [2.45, 2.75) is 13.1 Å². The van der Waals surface area contributed by atoms with Crippen LogP contribution in [0.15, 0.2) is 54.6 Å². The highest BCUT2D eigenvalue weighted by atomic mass is 35.5. The molecule has 1 heterocycles. The molecule has 3 aromatic rings. The first-order valence-electron chi connectivity index (χ1n) is 7.28. The van der Waals surface area contributed by atoms with Gasteiger partial charge in [0, 0.05) is 10.6 Å². The molecule has 3 rings (SSSR count). The molecule has 0 spiro atoms. The zero-order valence-corrected chi connectivity index (χ0v) is 13.8. The van der Waals surface area contributed by atoms with Gasteiger partial charge < -0.3 is 4.74 Å². The van der Waals surface area contributed by atoms with Gasteiger partial charge in [0.05, 0.1) is 5.69 Å². The van der Waals surface area contributed by atoms with Crippen LogP contribution in [0, 0.1) is 6.92 Å². The zero-order chi connectivity index (χ0) is 18.0. The second-order valence-electron chi connectivity index (χ2n) is 5.34. The maximum absolute atomic E-state index is 13.2. The highest BCUT2D eigenvalue weighted by Gasteiger charge is 2.34. The molecule has 0 atom stereocenters. The molecule has 0 unspecified atom stereocenters. The molecule has 0 aliphatic heterocycles. The quantitative estimate of drug-likeness (QED) is 0.579. The van der Waals surface area contributed by atoms with Crippen molar-refractivity contribution in [3.63, 3.8) is 0 Å². The van der Waals surface area contributed by atoms with Gasteiger partial charge in [-0.25, -0.2) is 0 Å². The predicted molar refractivity (Wildman–Crippen MR) is 88.7 cm³/mol. The zero-order valence-electron chi connectivity index (χ0n) is 13.0. The number of nitrogens with zero attached hydrogens (tertiary/aromatic N) is 2. The maximum Gasteiger partial charge on any atom is 0.433 e. The third kappa shape index (κ3) is 4.28. The second-order valence-corrected chi connectivity index (χ2v) is 5.78. The van der Waals surface area contributed by atoms with E-state index in [9.17, 15) is 13.2 Å². The molecule has 0 bridgehead atoms. The smallest absolute Gasteiger partial charge is 0.424 e. The topological polar surface area (TPSA) is 35.0 Å². The number of alkyl halides is 3. The lowest BCUT2D eigenvalue weighted by Gasteiger charge is -2.11. The molecule has 0 saturated heterocycles. The van der Waals surface area contributed by atoms with E-state index >= 15 is 0 Å². The minimum absolute atomic E-state index is 0.0982. The summed E-state index contributed by atoms with van der Waals surface area (Å²) < 4.78 is 44.9.